The molecular formula is C12H16N2O. The number of amides is 1. The van der Waals surface area contributed by atoms with Crippen molar-refractivity contribution < 1.29 is 4.79 Å². The quantitative estimate of drug-likeness (QED) is 0.731. The Morgan fingerprint density at radius 1 is 1.67 bits per heavy atom. The van der Waals surface area contributed by atoms with Gasteiger partial charge in [-0.15, -0.1) is 0 Å². The van der Waals surface area contributed by atoms with Crippen molar-refractivity contribution in [2.45, 2.75) is 19.8 Å². The Hall–Kier alpha value is -1.38. The Morgan fingerprint density at radius 2 is 2.53 bits per heavy atom. The number of aromatic nitrogens is 1. The van der Waals surface area contributed by atoms with Gasteiger partial charge in [0.25, 0.3) is 0 Å². The van der Waals surface area contributed by atoms with E-state index in [9.17, 15) is 4.79 Å². The molecule has 1 aromatic heterocycles. The van der Waals surface area contributed by atoms with Crippen molar-refractivity contribution in [1.29, 1.82) is 0 Å². The largest absolute Gasteiger partial charge is 0.343 e. The lowest BCUT2D eigenvalue weighted by molar-refractivity contribution is -0.127. The van der Waals surface area contributed by atoms with E-state index in [0.717, 1.165) is 25.9 Å². The Bertz CT molecular complexity index is 337. The van der Waals surface area contributed by atoms with Crippen LogP contribution in [0.1, 0.15) is 18.9 Å². The first kappa shape index (κ1) is 10.1. The van der Waals surface area contributed by atoms with Gasteiger partial charge in [0, 0.05) is 32.4 Å². The van der Waals surface area contributed by atoms with Gasteiger partial charge >= 0.3 is 0 Å². The first-order chi connectivity index (χ1) is 7.25. The first-order valence-electron chi connectivity index (χ1n) is 5.40. The highest BCUT2D eigenvalue weighted by Crippen LogP contribution is 2.20. The topological polar surface area (TPSA) is 33.2 Å². The fourth-order valence-corrected chi connectivity index (χ4v) is 2.14. The van der Waals surface area contributed by atoms with Gasteiger partial charge in [0.05, 0.1) is 0 Å². The van der Waals surface area contributed by atoms with Crippen LogP contribution in [-0.4, -0.2) is 28.9 Å². The number of likely N-dealkylation sites (tertiary alicyclic amines) is 1. The van der Waals surface area contributed by atoms with Crippen LogP contribution in [0.5, 0.6) is 0 Å². The summed E-state index contributed by atoms with van der Waals surface area (Å²) in [5, 5.41) is 0. The summed E-state index contributed by atoms with van der Waals surface area (Å²) in [6, 6.07) is 4.07. The van der Waals surface area contributed by atoms with Crippen LogP contribution in [0.2, 0.25) is 0 Å². The van der Waals surface area contributed by atoms with Crippen LogP contribution < -0.4 is 0 Å². The van der Waals surface area contributed by atoms with E-state index in [1.807, 2.05) is 17.2 Å². The van der Waals surface area contributed by atoms with E-state index in [0.29, 0.717) is 5.92 Å². The third-order valence-corrected chi connectivity index (χ3v) is 2.98. The molecule has 80 valence electrons. The number of carbonyl (C=O) groups is 1. The summed E-state index contributed by atoms with van der Waals surface area (Å²) >= 11 is 0. The lowest BCUT2D eigenvalue weighted by Gasteiger charge is -2.13. The minimum atomic E-state index is 0.198. The van der Waals surface area contributed by atoms with Crippen molar-refractivity contribution in [3.05, 3.63) is 30.1 Å². The third kappa shape index (κ3) is 2.55. The van der Waals surface area contributed by atoms with Gasteiger partial charge in [-0.1, -0.05) is 6.07 Å². The van der Waals surface area contributed by atoms with E-state index in [4.69, 9.17) is 0 Å². The number of hydrogen-bond acceptors (Lipinski definition) is 2. The predicted molar refractivity (Wildman–Crippen MR) is 58.3 cm³/mol. The Labute approximate surface area is 90.1 Å². The van der Waals surface area contributed by atoms with Crippen LogP contribution in [0.3, 0.4) is 0 Å². The summed E-state index contributed by atoms with van der Waals surface area (Å²) in [6.45, 7) is 3.47. The fourth-order valence-electron chi connectivity index (χ4n) is 2.14. The summed E-state index contributed by atoms with van der Waals surface area (Å²) in [4.78, 5) is 17.2. The van der Waals surface area contributed by atoms with Gasteiger partial charge in [-0.05, 0) is 30.4 Å². The molecule has 1 unspecified atom stereocenters. The van der Waals surface area contributed by atoms with Gasteiger partial charge in [0.2, 0.25) is 5.91 Å². The SMILES string of the molecule is CC(=O)N1CCC(Cc2cccnc2)C1. The zero-order valence-electron chi connectivity index (χ0n) is 9.02. The number of nitrogens with zero attached hydrogens (tertiary/aromatic N) is 2. The lowest BCUT2D eigenvalue weighted by Crippen LogP contribution is -2.26. The summed E-state index contributed by atoms with van der Waals surface area (Å²) in [7, 11) is 0. The molecular weight excluding hydrogens is 188 g/mol. The van der Waals surface area contributed by atoms with Crippen LogP contribution in [0.15, 0.2) is 24.5 Å². The molecule has 1 aliphatic heterocycles. The molecule has 0 N–H and O–H groups in total. The summed E-state index contributed by atoms with van der Waals surface area (Å²) in [6.07, 6.45) is 5.86. The zero-order valence-corrected chi connectivity index (χ0v) is 9.02. The minimum Gasteiger partial charge on any atom is -0.343 e. The molecule has 1 aliphatic rings. The molecule has 3 nitrogen and oxygen atoms in total. The number of rotatable bonds is 2. The molecule has 1 atom stereocenters. The maximum Gasteiger partial charge on any atom is 0.219 e. The van der Waals surface area contributed by atoms with Crippen molar-refractivity contribution >= 4 is 5.91 Å². The molecule has 3 heteroatoms. The van der Waals surface area contributed by atoms with Gasteiger partial charge in [0.1, 0.15) is 0 Å². The second-order valence-corrected chi connectivity index (χ2v) is 4.19. The van der Waals surface area contributed by atoms with Crippen molar-refractivity contribution in [3.63, 3.8) is 0 Å². The predicted octanol–water partition coefficient (Wildman–Crippen LogP) is 1.49. The highest BCUT2D eigenvalue weighted by atomic mass is 16.2. The molecule has 0 radical (unpaired) electrons. The molecule has 1 fully saturated rings. The van der Waals surface area contributed by atoms with Gasteiger partial charge in [-0.3, -0.25) is 9.78 Å². The van der Waals surface area contributed by atoms with Gasteiger partial charge in [-0.2, -0.15) is 0 Å². The molecule has 0 bridgehead atoms. The smallest absolute Gasteiger partial charge is 0.219 e. The van der Waals surface area contributed by atoms with Crippen molar-refractivity contribution in [3.8, 4) is 0 Å². The summed E-state index contributed by atoms with van der Waals surface area (Å²) in [5.74, 6) is 0.807. The van der Waals surface area contributed by atoms with E-state index in [1.165, 1.54) is 5.56 Å². The fraction of sp³-hybridized carbons (Fsp3) is 0.500. The van der Waals surface area contributed by atoms with E-state index < -0.39 is 0 Å². The third-order valence-electron chi connectivity index (χ3n) is 2.98. The second-order valence-electron chi connectivity index (χ2n) is 4.19. The highest BCUT2D eigenvalue weighted by Gasteiger charge is 2.23. The van der Waals surface area contributed by atoms with Crippen LogP contribution in [0.25, 0.3) is 0 Å². The minimum absolute atomic E-state index is 0.198. The highest BCUT2D eigenvalue weighted by molar-refractivity contribution is 5.73. The van der Waals surface area contributed by atoms with Gasteiger partial charge in [0.15, 0.2) is 0 Å². The molecule has 2 heterocycles. The van der Waals surface area contributed by atoms with Crippen LogP contribution >= 0.6 is 0 Å². The number of hydrogen-bond donors (Lipinski definition) is 0. The van der Waals surface area contributed by atoms with E-state index in [1.54, 1.807) is 13.1 Å². The van der Waals surface area contributed by atoms with E-state index in [-0.39, 0.29) is 5.91 Å². The van der Waals surface area contributed by atoms with Crippen molar-refractivity contribution in [1.82, 2.24) is 9.88 Å². The number of pyridine rings is 1. The summed E-state index contributed by atoms with van der Waals surface area (Å²) < 4.78 is 0. The Kier molecular flexibility index (Phi) is 2.99. The molecule has 1 saturated heterocycles. The molecule has 0 aromatic carbocycles. The average molecular weight is 204 g/mol. The lowest BCUT2D eigenvalue weighted by atomic mass is 10.0. The molecule has 2 rings (SSSR count). The maximum absolute atomic E-state index is 11.2. The standard InChI is InChI=1S/C12H16N2O/c1-10(15)14-6-4-12(9-14)7-11-3-2-5-13-8-11/h2-3,5,8,12H,4,6-7,9H2,1H3. The van der Waals surface area contributed by atoms with Crippen molar-refractivity contribution in [2.24, 2.45) is 5.92 Å². The van der Waals surface area contributed by atoms with Crippen LogP contribution in [0.4, 0.5) is 0 Å². The second kappa shape index (κ2) is 4.43. The molecule has 1 aromatic rings. The van der Waals surface area contributed by atoms with E-state index >= 15 is 0 Å². The molecule has 1 amide bonds. The molecule has 0 aliphatic carbocycles. The van der Waals surface area contributed by atoms with Gasteiger partial charge in [-0.25, -0.2) is 0 Å². The molecule has 0 spiro atoms. The van der Waals surface area contributed by atoms with E-state index in [2.05, 4.69) is 11.1 Å². The zero-order chi connectivity index (χ0) is 10.7. The molecule has 0 saturated carbocycles. The monoisotopic (exact) mass is 204 g/mol. The maximum atomic E-state index is 11.2. The van der Waals surface area contributed by atoms with Crippen molar-refractivity contribution in [2.75, 3.05) is 13.1 Å². The van der Waals surface area contributed by atoms with Crippen LogP contribution in [-0.2, 0) is 11.2 Å². The first-order valence-corrected chi connectivity index (χ1v) is 5.40. The Balaban J connectivity index is 1.90. The van der Waals surface area contributed by atoms with Gasteiger partial charge < -0.3 is 4.90 Å². The summed E-state index contributed by atoms with van der Waals surface area (Å²) in [5.41, 5.74) is 1.27. The molecule has 15 heavy (non-hydrogen) atoms. The normalized spacial score (nSPS) is 20.6. The Morgan fingerprint density at radius 3 is 3.13 bits per heavy atom. The van der Waals surface area contributed by atoms with Crippen LogP contribution in [0, 0.1) is 5.92 Å². The average Bonchev–Trinajstić information content (AvgIpc) is 2.68. The number of carbonyl (C=O) groups excluding carboxylic acids is 1.